The van der Waals surface area contributed by atoms with Gasteiger partial charge in [0.25, 0.3) is 11.5 Å². The number of halogens is 1. The molecule has 0 bridgehead atoms. The van der Waals surface area contributed by atoms with Gasteiger partial charge in [0.05, 0.1) is 40.9 Å². The highest BCUT2D eigenvalue weighted by molar-refractivity contribution is 6.33. The fourth-order valence-corrected chi connectivity index (χ4v) is 9.20. The minimum atomic E-state index is -0.474. The number of ether oxygens (including phenoxy) is 2. The molecule has 3 aliphatic rings. The first-order chi connectivity index (χ1) is 28.4. The standard InChI is InChI=1S/C41H48ClN11O6/c1-22-24(18-58-5)15-41(12-11-29(22)47-30-8-6-7-26-34(50-52(4)35(26)30)27-9-10-32(54)48-38(27)56)20-53(21-41)40-45-17-28(42)36(49-40)46-25-13-23-14-31(59-19-33(55)43-2)39(57)51(3)37(23)44-16-25/h6-8,13-14,16-17,22,24,27,29,47H,9-12,15,18-21H2,1-5H3,(H,43,55)(H,45,46,49)(H,48,54,56)/t22-,24?,27?,29+/m0/s1. The molecule has 59 heavy (non-hydrogen) atoms. The van der Waals surface area contributed by atoms with Crippen molar-refractivity contribution < 1.29 is 23.9 Å². The van der Waals surface area contributed by atoms with Crippen LogP contribution in [0.1, 0.15) is 50.6 Å². The number of piperidine rings is 1. The van der Waals surface area contributed by atoms with E-state index in [1.54, 1.807) is 32.6 Å². The number of likely N-dealkylation sites (N-methyl/N-ethyl adjacent to an activating group) is 1. The molecule has 1 saturated carbocycles. The maximum absolute atomic E-state index is 12.8. The Balaban J connectivity index is 0.978. The molecule has 2 saturated heterocycles. The number of aryl methyl sites for hydroxylation is 2. The Labute approximate surface area is 345 Å². The van der Waals surface area contributed by atoms with E-state index in [0.717, 1.165) is 48.9 Å². The Kier molecular flexibility index (Phi) is 10.9. The zero-order valence-electron chi connectivity index (χ0n) is 33.7. The molecule has 8 rings (SSSR count). The van der Waals surface area contributed by atoms with Gasteiger partial charge in [-0.15, -0.1) is 0 Å². The summed E-state index contributed by atoms with van der Waals surface area (Å²) in [5, 5.41) is 18.8. The average Bonchev–Trinajstić information content (AvgIpc) is 3.48. The normalized spacial score (nSPS) is 21.6. The lowest BCUT2D eigenvalue weighted by molar-refractivity contribution is -0.134. The molecule has 1 aliphatic carbocycles. The lowest BCUT2D eigenvalue weighted by Gasteiger charge is -2.51. The van der Waals surface area contributed by atoms with Crippen LogP contribution in [0.3, 0.4) is 0 Å². The number of pyridine rings is 2. The largest absolute Gasteiger partial charge is 0.478 e. The van der Waals surface area contributed by atoms with Crippen LogP contribution in [0.15, 0.2) is 47.5 Å². The Bertz CT molecular complexity index is 2520. The number of nitrogens with one attached hydrogen (secondary N) is 4. The van der Waals surface area contributed by atoms with E-state index < -0.39 is 11.5 Å². The van der Waals surface area contributed by atoms with E-state index >= 15 is 0 Å². The number of imide groups is 1. The van der Waals surface area contributed by atoms with E-state index in [2.05, 4.69) is 49.1 Å². The van der Waals surface area contributed by atoms with E-state index in [-0.39, 0.29) is 41.5 Å². The topological polar surface area (TPSA) is 200 Å². The number of carbonyl (C=O) groups is 3. The molecule has 2 unspecified atom stereocenters. The van der Waals surface area contributed by atoms with Gasteiger partial charge in [0.1, 0.15) is 10.7 Å². The van der Waals surface area contributed by atoms with Gasteiger partial charge in [-0.3, -0.25) is 33.7 Å². The molecule has 6 heterocycles. The molecular formula is C41H48ClN11O6. The van der Waals surface area contributed by atoms with Crippen LogP contribution in [0, 0.1) is 17.3 Å². The predicted octanol–water partition coefficient (Wildman–Crippen LogP) is 4.02. The second-order valence-corrected chi connectivity index (χ2v) is 16.5. The molecule has 5 aromatic rings. The summed E-state index contributed by atoms with van der Waals surface area (Å²) in [5.41, 5.74) is 3.26. The second-order valence-electron chi connectivity index (χ2n) is 16.1. The third-order valence-corrected chi connectivity index (χ3v) is 12.5. The van der Waals surface area contributed by atoms with Gasteiger partial charge in [0, 0.05) is 76.6 Å². The number of hydrogen-bond donors (Lipinski definition) is 4. The number of hydrogen-bond acceptors (Lipinski definition) is 13. The van der Waals surface area contributed by atoms with E-state index in [4.69, 9.17) is 31.2 Å². The summed E-state index contributed by atoms with van der Waals surface area (Å²) < 4.78 is 14.5. The van der Waals surface area contributed by atoms with Crippen LogP contribution in [0.2, 0.25) is 5.02 Å². The van der Waals surface area contributed by atoms with Crippen molar-refractivity contribution in [3.63, 3.8) is 0 Å². The fraction of sp³-hybridized carbons (Fsp3) is 0.463. The zero-order chi connectivity index (χ0) is 41.6. The van der Waals surface area contributed by atoms with Crippen molar-refractivity contribution in [2.45, 2.75) is 51.0 Å². The minimum Gasteiger partial charge on any atom is -0.478 e. The molecule has 1 spiro atoms. The van der Waals surface area contributed by atoms with Crippen LogP contribution in [0.25, 0.3) is 21.9 Å². The van der Waals surface area contributed by atoms with Crippen LogP contribution in [-0.2, 0) is 33.2 Å². The van der Waals surface area contributed by atoms with Crippen molar-refractivity contribution >= 4 is 74.4 Å². The quantitative estimate of drug-likeness (QED) is 0.139. The highest BCUT2D eigenvalue weighted by atomic mass is 35.5. The Morgan fingerprint density at radius 1 is 1.10 bits per heavy atom. The lowest BCUT2D eigenvalue weighted by Crippen LogP contribution is -2.57. The first-order valence-electron chi connectivity index (χ1n) is 19.8. The Morgan fingerprint density at radius 3 is 2.68 bits per heavy atom. The third-order valence-electron chi connectivity index (χ3n) is 12.2. The third kappa shape index (κ3) is 7.76. The summed E-state index contributed by atoms with van der Waals surface area (Å²) in [6.45, 7) is 4.21. The van der Waals surface area contributed by atoms with Crippen LogP contribution in [-0.4, -0.2) is 93.5 Å². The predicted molar refractivity (Wildman–Crippen MR) is 223 cm³/mol. The second kappa shape index (κ2) is 16.1. The molecule has 310 valence electrons. The number of benzene rings is 1. The van der Waals surface area contributed by atoms with Crippen molar-refractivity contribution in [3.8, 4) is 5.75 Å². The monoisotopic (exact) mass is 825 g/mol. The number of methoxy groups -OCH3 is 1. The van der Waals surface area contributed by atoms with Crippen LogP contribution >= 0.6 is 11.6 Å². The van der Waals surface area contributed by atoms with E-state index in [1.807, 2.05) is 29.9 Å². The van der Waals surface area contributed by atoms with Crippen molar-refractivity contribution in [1.29, 1.82) is 0 Å². The molecule has 17 nitrogen and oxygen atoms in total. The minimum absolute atomic E-state index is 0.0331. The molecule has 2 aliphatic heterocycles. The van der Waals surface area contributed by atoms with E-state index in [9.17, 15) is 19.2 Å². The van der Waals surface area contributed by atoms with E-state index in [0.29, 0.717) is 70.5 Å². The van der Waals surface area contributed by atoms with Crippen molar-refractivity contribution in [2.75, 3.05) is 56.0 Å². The van der Waals surface area contributed by atoms with Gasteiger partial charge in [-0.2, -0.15) is 10.1 Å². The van der Waals surface area contributed by atoms with Gasteiger partial charge in [-0.25, -0.2) is 9.97 Å². The first-order valence-corrected chi connectivity index (χ1v) is 20.2. The average molecular weight is 826 g/mol. The van der Waals surface area contributed by atoms with Gasteiger partial charge < -0.3 is 30.3 Å². The number of fused-ring (bicyclic) bond motifs is 2. The number of para-hydroxylation sites is 1. The summed E-state index contributed by atoms with van der Waals surface area (Å²) in [5.74, 6) is 0.233. The molecule has 4 atom stereocenters. The van der Waals surface area contributed by atoms with Crippen molar-refractivity contribution in [2.24, 2.45) is 31.3 Å². The van der Waals surface area contributed by atoms with Crippen LogP contribution in [0.5, 0.6) is 5.75 Å². The number of anilines is 4. The van der Waals surface area contributed by atoms with Gasteiger partial charge in [-0.1, -0.05) is 30.7 Å². The SMILES string of the molecule is CNC(=O)COc1cc2cc(Nc3nc(N4CC5(CC[C@@H](Nc6cccc7c(C8CCC(=O)NC8=O)nn(C)c67)[C@@H](C)C(COC)C5)C4)ncc3Cl)cnc2n(C)c1=O. The van der Waals surface area contributed by atoms with Gasteiger partial charge >= 0.3 is 0 Å². The zero-order valence-corrected chi connectivity index (χ0v) is 34.4. The molecule has 4 N–H and O–H groups in total. The van der Waals surface area contributed by atoms with Gasteiger partial charge in [0.15, 0.2) is 18.2 Å². The maximum Gasteiger partial charge on any atom is 0.294 e. The highest BCUT2D eigenvalue weighted by Gasteiger charge is 2.49. The summed E-state index contributed by atoms with van der Waals surface area (Å²) >= 11 is 6.61. The Hall–Kier alpha value is -5.81. The molecule has 3 fully saturated rings. The molecule has 0 radical (unpaired) electrons. The van der Waals surface area contributed by atoms with Gasteiger partial charge in [0.2, 0.25) is 17.8 Å². The molecule has 3 amide bonds. The van der Waals surface area contributed by atoms with Crippen LogP contribution < -0.4 is 36.5 Å². The van der Waals surface area contributed by atoms with Crippen LogP contribution in [0.4, 0.5) is 23.1 Å². The number of amides is 3. The number of nitrogens with zero attached hydrogens (tertiary/aromatic N) is 7. The molecule has 4 aromatic heterocycles. The maximum atomic E-state index is 12.8. The molecular weight excluding hydrogens is 778 g/mol. The smallest absolute Gasteiger partial charge is 0.294 e. The summed E-state index contributed by atoms with van der Waals surface area (Å²) in [6, 6.07) is 9.60. The first kappa shape index (κ1) is 40.0. The van der Waals surface area contributed by atoms with Gasteiger partial charge in [-0.05, 0) is 55.7 Å². The molecule has 18 heteroatoms. The summed E-state index contributed by atoms with van der Waals surface area (Å²) in [4.78, 5) is 65.4. The molecule has 1 aromatic carbocycles. The van der Waals surface area contributed by atoms with Crippen molar-refractivity contribution in [3.05, 3.63) is 63.8 Å². The highest BCUT2D eigenvalue weighted by Crippen LogP contribution is 2.48. The number of carbonyl (C=O) groups excluding carboxylic acids is 3. The fourth-order valence-electron chi connectivity index (χ4n) is 9.06. The number of rotatable bonds is 11. The summed E-state index contributed by atoms with van der Waals surface area (Å²) in [6.07, 6.45) is 6.85. The Morgan fingerprint density at radius 2 is 1.92 bits per heavy atom. The number of aromatic nitrogens is 6. The van der Waals surface area contributed by atoms with Crippen molar-refractivity contribution in [1.82, 2.24) is 39.9 Å². The lowest BCUT2D eigenvalue weighted by atomic mass is 9.71. The van der Waals surface area contributed by atoms with E-state index in [1.165, 1.54) is 11.6 Å². The summed E-state index contributed by atoms with van der Waals surface area (Å²) in [7, 11) is 6.75.